The van der Waals surface area contributed by atoms with Gasteiger partial charge in [0.25, 0.3) is 5.91 Å². The van der Waals surface area contributed by atoms with E-state index in [-0.39, 0.29) is 22.7 Å². The molecule has 0 atom stereocenters. The van der Waals surface area contributed by atoms with Crippen LogP contribution in [0.4, 0.5) is 11.4 Å². The summed E-state index contributed by atoms with van der Waals surface area (Å²) in [5, 5.41) is 12.9. The molecule has 2 aromatic heterocycles. The second-order valence-electron chi connectivity index (χ2n) is 8.20. The van der Waals surface area contributed by atoms with Crippen LogP contribution in [0.2, 0.25) is 5.02 Å². The molecule has 1 saturated carbocycles. The summed E-state index contributed by atoms with van der Waals surface area (Å²) >= 11 is 11.9. The Balaban J connectivity index is 1.43. The fourth-order valence-electron chi connectivity index (χ4n) is 4.50. The van der Waals surface area contributed by atoms with Gasteiger partial charge >= 0.3 is 0 Å². The van der Waals surface area contributed by atoms with Gasteiger partial charge in [0.2, 0.25) is 5.88 Å². The molecule has 2 saturated heterocycles. The summed E-state index contributed by atoms with van der Waals surface area (Å²) in [6, 6.07) is 7.22. The van der Waals surface area contributed by atoms with E-state index in [2.05, 4.69) is 15.3 Å². The third-order valence-corrected chi connectivity index (χ3v) is 6.99. The van der Waals surface area contributed by atoms with E-state index in [0.29, 0.717) is 29.5 Å². The minimum absolute atomic E-state index is 0.105. The van der Waals surface area contributed by atoms with Crippen LogP contribution in [-0.2, 0) is 4.79 Å². The van der Waals surface area contributed by atoms with E-state index in [1.54, 1.807) is 12.3 Å². The highest BCUT2D eigenvalue weighted by atomic mass is 35.5. The molecule has 164 valence electrons. The van der Waals surface area contributed by atoms with Gasteiger partial charge in [0.05, 0.1) is 28.8 Å². The van der Waals surface area contributed by atoms with Crippen molar-refractivity contribution in [3.05, 3.63) is 41.3 Å². The number of anilines is 2. The first kappa shape index (κ1) is 21.1. The minimum atomic E-state index is -0.726. The molecule has 1 N–H and O–H groups in total. The molecule has 1 spiro atoms. The lowest BCUT2D eigenvalue weighted by atomic mass is 9.75. The van der Waals surface area contributed by atoms with Crippen molar-refractivity contribution >= 4 is 46.2 Å². The van der Waals surface area contributed by atoms with Crippen molar-refractivity contribution in [1.29, 1.82) is 5.26 Å². The van der Waals surface area contributed by atoms with Crippen LogP contribution >= 0.6 is 23.8 Å². The van der Waals surface area contributed by atoms with Gasteiger partial charge in [-0.3, -0.25) is 9.69 Å². The molecule has 8 nitrogen and oxygen atoms in total. The molecule has 5 rings (SSSR count). The second kappa shape index (κ2) is 8.28. The normalized spacial score (nSPS) is 20.4. The van der Waals surface area contributed by atoms with Crippen molar-refractivity contribution in [3.8, 4) is 11.9 Å². The Labute approximate surface area is 196 Å². The van der Waals surface area contributed by atoms with Crippen LogP contribution in [0.1, 0.15) is 37.8 Å². The third kappa shape index (κ3) is 3.39. The average molecular weight is 469 g/mol. The maximum Gasteiger partial charge on any atom is 0.259 e. The predicted molar refractivity (Wildman–Crippen MR) is 124 cm³/mol. The van der Waals surface area contributed by atoms with Crippen LogP contribution in [0, 0.1) is 11.3 Å². The van der Waals surface area contributed by atoms with Gasteiger partial charge < -0.3 is 15.0 Å². The van der Waals surface area contributed by atoms with E-state index in [9.17, 15) is 4.79 Å². The van der Waals surface area contributed by atoms with Crippen molar-refractivity contribution in [1.82, 2.24) is 15.3 Å². The lowest BCUT2D eigenvalue weighted by Gasteiger charge is -2.42. The Bertz CT molecular complexity index is 1110. The first-order valence-corrected chi connectivity index (χ1v) is 11.4. The van der Waals surface area contributed by atoms with Crippen molar-refractivity contribution in [2.75, 3.05) is 22.9 Å². The van der Waals surface area contributed by atoms with Crippen molar-refractivity contribution in [2.24, 2.45) is 0 Å². The molecule has 2 aromatic rings. The van der Waals surface area contributed by atoms with Gasteiger partial charge in [-0.2, -0.15) is 5.26 Å². The monoisotopic (exact) mass is 468 g/mol. The topological polar surface area (TPSA) is 94.4 Å². The number of hydrogen-bond donors (Lipinski definition) is 1. The summed E-state index contributed by atoms with van der Waals surface area (Å²) in [6.07, 6.45) is 7.57. The van der Waals surface area contributed by atoms with E-state index in [1.807, 2.05) is 23.1 Å². The molecule has 0 bridgehead atoms. The summed E-state index contributed by atoms with van der Waals surface area (Å²) in [4.78, 5) is 25.4. The SMILES string of the molecule is N#Cc1ncc(N2C(=O)C3(CCC3)N(c3ccc(OC4CCNCC4)nc3)C2=S)cc1Cl. The third-order valence-electron chi connectivity index (χ3n) is 6.34. The van der Waals surface area contributed by atoms with Gasteiger partial charge in [-0.1, -0.05) is 11.6 Å². The van der Waals surface area contributed by atoms with Crippen molar-refractivity contribution in [3.63, 3.8) is 0 Å². The highest BCUT2D eigenvalue weighted by molar-refractivity contribution is 7.81. The molecule has 1 amide bonds. The number of pyridine rings is 2. The van der Waals surface area contributed by atoms with Gasteiger partial charge in [-0.25, -0.2) is 9.97 Å². The van der Waals surface area contributed by atoms with E-state index < -0.39 is 5.54 Å². The van der Waals surface area contributed by atoms with E-state index in [4.69, 9.17) is 33.8 Å². The highest BCUT2D eigenvalue weighted by Crippen LogP contribution is 2.47. The Kier molecular flexibility index (Phi) is 5.45. The van der Waals surface area contributed by atoms with Crippen LogP contribution in [0.25, 0.3) is 0 Å². The molecule has 1 aliphatic carbocycles. The fraction of sp³-hybridized carbons (Fsp3) is 0.409. The largest absolute Gasteiger partial charge is 0.474 e. The summed E-state index contributed by atoms with van der Waals surface area (Å²) < 4.78 is 6.01. The summed E-state index contributed by atoms with van der Waals surface area (Å²) in [5.41, 5.74) is 0.584. The van der Waals surface area contributed by atoms with Crippen molar-refractivity contribution in [2.45, 2.75) is 43.7 Å². The van der Waals surface area contributed by atoms with Crippen LogP contribution in [0.15, 0.2) is 30.6 Å². The van der Waals surface area contributed by atoms with Crippen LogP contribution in [0.3, 0.4) is 0 Å². The molecule has 0 aromatic carbocycles. The molecular weight excluding hydrogens is 448 g/mol. The number of rotatable bonds is 4. The number of ether oxygens (including phenoxy) is 1. The summed E-state index contributed by atoms with van der Waals surface area (Å²) in [7, 11) is 0. The Morgan fingerprint density at radius 1 is 1.22 bits per heavy atom. The number of piperidine rings is 1. The van der Waals surface area contributed by atoms with E-state index >= 15 is 0 Å². The molecule has 0 unspecified atom stereocenters. The molecule has 10 heteroatoms. The van der Waals surface area contributed by atoms with Crippen LogP contribution < -0.4 is 19.9 Å². The molecule has 32 heavy (non-hydrogen) atoms. The summed E-state index contributed by atoms with van der Waals surface area (Å²) in [6.45, 7) is 1.89. The lowest BCUT2D eigenvalue weighted by Crippen LogP contribution is -2.55. The van der Waals surface area contributed by atoms with E-state index in [0.717, 1.165) is 38.0 Å². The quantitative estimate of drug-likeness (QED) is 0.683. The number of nitrogens with one attached hydrogen (secondary N) is 1. The first-order chi connectivity index (χ1) is 15.5. The number of carbonyl (C=O) groups is 1. The first-order valence-electron chi connectivity index (χ1n) is 10.6. The van der Waals surface area contributed by atoms with Gasteiger partial charge in [-0.15, -0.1) is 0 Å². The standard InChI is InChI=1S/C22H21ClN6O2S/c23-17-10-15(13-26-18(17)11-24)28-20(30)22(6-1-7-22)29(21(28)32)14-2-3-19(27-12-14)31-16-4-8-25-9-5-16/h2-3,10,12-13,16,25H,1,4-9H2. The number of aromatic nitrogens is 2. The molecule has 3 aliphatic rings. The number of nitriles is 1. The highest BCUT2D eigenvalue weighted by Gasteiger charge is 2.59. The van der Waals surface area contributed by atoms with Gasteiger partial charge in [-0.05, 0) is 69.5 Å². The summed E-state index contributed by atoms with van der Waals surface area (Å²) in [5.74, 6) is 0.464. The van der Waals surface area contributed by atoms with Crippen LogP contribution in [0.5, 0.6) is 5.88 Å². The number of halogens is 1. The fourth-order valence-corrected chi connectivity index (χ4v) is 5.17. The predicted octanol–water partition coefficient (Wildman–Crippen LogP) is 3.19. The van der Waals surface area contributed by atoms with Crippen molar-refractivity contribution < 1.29 is 9.53 Å². The lowest BCUT2D eigenvalue weighted by molar-refractivity contribution is -0.123. The molecular formula is C22H21ClN6O2S. The number of nitrogens with zero attached hydrogens (tertiary/aromatic N) is 5. The zero-order chi connectivity index (χ0) is 22.3. The maximum atomic E-state index is 13.5. The van der Waals surface area contributed by atoms with E-state index in [1.165, 1.54) is 11.1 Å². The maximum absolute atomic E-state index is 13.5. The number of amides is 1. The zero-order valence-corrected chi connectivity index (χ0v) is 18.8. The second-order valence-corrected chi connectivity index (χ2v) is 8.97. The zero-order valence-electron chi connectivity index (χ0n) is 17.3. The number of carbonyl (C=O) groups excluding carboxylic acids is 1. The Morgan fingerprint density at radius 3 is 2.56 bits per heavy atom. The van der Waals surface area contributed by atoms with Gasteiger partial charge in [0, 0.05) is 6.07 Å². The van der Waals surface area contributed by atoms with Gasteiger partial charge in [0.15, 0.2) is 10.8 Å². The Hall–Kier alpha value is -2.80. The Morgan fingerprint density at radius 2 is 1.97 bits per heavy atom. The van der Waals surface area contributed by atoms with Gasteiger partial charge in [0.1, 0.15) is 17.7 Å². The molecule has 0 radical (unpaired) electrons. The minimum Gasteiger partial charge on any atom is -0.474 e. The molecule has 2 aliphatic heterocycles. The number of thiocarbonyl (C=S) groups is 1. The smallest absolute Gasteiger partial charge is 0.259 e. The number of hydrogen-bond acceptors (Lipinski definition) is 7. The molecule has 4 heterocycles. The molecule has 3 fully saturated rings. The average Bonchev–Trinajstić information content (AvgIpc) is 3.02. The van der Waals surface area contributed by atoms with Crippen LogP contribution in [-0.4, -0.2) is 45.7 Å².